The fourth-order valence-electron chi connectivity index (χ4n) is 8.97. The number of quaternary nitrogens is 1. The number of ether oxygens (including phenoxy) is 4. The zero-order valence-electron chi connectivity index (χ0n) is 54.5. The molecular formula is C75H125NO8. The Hall–Kier alpha value is -4.57. The normalized spacial score (nSPS) is 13.6. The topological polar surface area (TPSA) is 111 Å². The van der Waals surface area contributed by atoms with Crippen LogP contribution in [-0.2, 0) is 33.3 Å². The Bertz CT molecular complexity index is 1840. The van der Waals surface area contributed by atoms with Crippen molar-refractivity contribution in [1.29, 1.82) is 0 Å². The molecule has 0 rings (SSSR count). The van der Waals surface area contributed by atoms with E-state index in [9.17, 15) is 19.5 Å². The van der Waals surface area contributed by atoms with Gasteiger partial charge in [0.2, 0.25) is 0 Å². The van der Waals surface area contributed by atoms with E-state index in [1.165, 1.54) is 109 Å². The molecule has 0 aromatic carbocycles. The first-order chi connectivity index (χ1) is 41.1. The van der Waals surface area contributed by atoms with E-state index in [1.807, 2.05) is 21.1 Å². The van der Waals surface area contributed by atoms with Crippen molar-refractivity contribution in [2.75, 3.05) is 47.5 Å². The summed E-state index contributed by atoms with van der Waals surface area (Å²) in [6, 6.07) is 0. The van der Waals surface area contributed by atoms with Gasteiger partial charge in [-0.05, 0) is 116 Å². The van der Waals surface area contributed by atoms with Gasteiger partial charge in [0.1, 0.15) is 13.2 Å². The molecule has 84 heavy (non-hydrogen) atoms. The number of likely N-dealkylation sites (N-methyl/N-ethyl adjacent to an activating group) is 1. The summed E-state index contributed by atoms with van der Waals surface area (Å²) in [6.45, 7) is 4.62. The van der Waals surface area contributed by atoms with Gasteiger partial charge in [-0.15, -0.1) is 0 Å². The van der Waals surface area contributed by atoms with E-state index in [-0.39, 0.29) is 38.6 Å². The van der Waals surface area contributed by atoms with Crippen LogP contribution in [0.5, 0.6) is 0 Å². The van der Waals surface area contributed by atoms with Gasteiger partial charge in [0, 0.05) is 12.8 Å². The fraction of sp³-hybridized carbons (Fsp3) is 0.667. The molecule has 0 aliphatic rings. The van der Waals surface area contributed by atoms with Crippen LogP contribution in [0.1, 0.15) is 264 Å². The molecule has 0 bridgehead atoms. The summed E-state index contributed by atoms with van der Waals surface area (Å²) in [6.07, 6.45) is 89.5. The first-order valence-corrected chi connectivity index (χ1v) is 33.8. The highest BCUT2D eigenvalue weighted by molar-refractivity contribution is 5.70. The van der Waals surface area contributed by atoms with E-state index in [1.54, 1.807) is 0 Å². The molecule has 9 nitrogen and oxygen atoms in total. The lowest BCUT2D eigenvalue weighted by Crippen LogP contribution is -2.44. The van der Waals surface area contributed by atoms with Crippen LogP contribution in [0.3, 0.4) is 0 Å². The molecule has 2 atom stereocenters. The van der Waals surface area contributed by atoms with Crippen molar-refractivity contribution in [3.8, 4) is 0 Å². The Morgan fingerprint density at radius 3 is 1.02 bits per heavy atom. The Kier molecular flexibility index (Phi) is 60.9. The van der Waals surface area contributed by atoms with Crippen molar-refractivity contribution >= 4 is 17.9 Å². The summed E-state index contributed by atoms with van der Waals surface area (Å²) in [4.78, 5) is 37.4. The van der Waals surface area contributed by atoms with Crippen LogP contribution in [0.25, 0.3) is 0 Å². The zero-order chi connectivity index (χ0) is 61.2. The van der Waals surface area contributed by atoms with E-state index < -0.39 is 24.3 Å². The van der Waals surface area contributed by atoms with Crippen LogP contribution < -0.4 is 5.11 Å². The van der Waals surface area contributed by atoms with Gasteiger partial charge in [0.15, 0.2) is 12.4 Å². The van der Waals surface area contributed by atoms with Crippen molar-refractivity contribution in [2.45, 2.75) is 277 Å². The predicted octanol–water partition coefficient (Wildman–Crippen LogP) is 19.6. The average molecular weight is 1170 g/mol. The summed E-state index contributed by atoms with van der Waals surface area (Å²) in [5.74, 6) is -2.30. The number of carboxylic acids is 1. The summed E-state index contributed by atoms with van der Waals surface area (Å²) >= 11 is 0. The minimum atomic E-state index is -1.63. The molecule has 0 amide bonds. The largest absolute Gasteiger partial charge is 0.545 e. The highest BCUT2D eigenvalue weighted by atomic mass is 16.7. The van der Waals surface area contributed by atoms with Gasteiger partial charge < -0.3 is 33.3 Å². The van der Waals surface area contributed by atoms with Crippen molar-refractivity contribution in [1.82, 2.24) is 0 Å². The molecule has 0 fully saturated rings. The number of allylic oxidation sites excluding steroid dienone is 22. The number of carbonyl (C=O) groups is 3. The Labute approximate surface area is 516 Å². The van der Waals surface area contributed by atoms with Gasteiger partial charge in [-0.3, -0.25) is 9.59 Å². The van der Waals surface area contributed by atoms with E-state index >= 15 is 0 Å². The molecule has 0 spiro atoms. The van der Waals surface area contributed by atoms with Crippen LogP contribution in [0.4, 0.5) is 0 Å². The average Bonchev–Trinajstić information content (AvgIpc) is 3.52. The molecule has 0 aromatic rings. The molecule has 9 heteroatoms. The second-order valence-corrected chi connectivity index (χ2v) is 23.4. The van der Waals surface area contributed by atoms with Crippen molar-refractivity contribution in [2.24, 2.45) is 0 Å². The number of carbonyl (C=O) groups excluding carboxylic acids is 3. The summed E-state index contributed by atoms with van der Waals surface area (Å²) < 4.78 is 22.7. The first kappa shape index (κ1) is 79.4. The maximum absolute atomic E-state index is 12.9. The van der Waals surface area contributed by atoms with Gasteiger partial charge in [-0.2, -0.15) is 0 Å². The van der Waals surface area contributed by atoms with E-state index in [0.29, 0.717) is 17.4 Å². The maximum Gasteiger partial charge on any atom is 0.306 e. The van der Waals surface area contributed by atoms with E-state index in [2.05, 4.69) is 148 Å². The SMILES string of the molecule is CC/C=C\C/C=C\C/C=C\C/C=C\C/C=C\C/C=C\C/C=C\C/C=C\C/C=C\C/C=C\CCCCCCCCCCCCC(=O)OC(COC(=O)CCCCCCCCC/C=C\CCCCCCCCC)COC(OCC[N+](C)(C)C)C(=O)[O-]. The molecule has 0 aliphatic carbocycles. The molecule has 0 radical (unpaired) electrons. The summed E-state index contributed by atoms with van der Waals surface area (Å²) in [7, 11) is 5.92. The third kappa shape index (κ3) is 65.0. The molecule has 0 N–H and O–H groups in total. The highest BCUT2D eigenvalue weighted by Crippen LogP contribution is 2.16. The molecule has 478 valence electrons. The molecule has 0 saturated carbocycles. The van der Waals surface area contributed by atoms with Gasteiger partial charge in [0.05, 0.1) is 40.3 Å². The van der Waals surface area contributed by atoms with Crippen LogP contribution in [0.2, 0.25) is 0 Å². The molecular weight excluding hydrogens is 1040 g/mol. The molecule has 2 unspecified atom stereocenters. The lowest BCUT2D eigenvalue weighted by Gasteiger charge is -2.26. The third-order valence-electron chi connectivity index (χ3n) is 14.1. The van der Waals surface area contributed by atoms with Crippen LogP contribution in [-0.4, -0.2) is 82.3 Å². The van der Waals surface area contributed by atoms with Gasteiger partial charge >= 0.3 is 11.9 Å². The Morgan fingerprint density at radius 1 is 0.369 bits per heavy atom. The smallest absolute Gasteiger partial charge is 0.306 e. The monoisotopic (exact) mass is 1170 g/mol. The van der Waals surface area contributed by atoms with Crippen LogP contribution in [0.15, 0.2) is 134 Å². The van der Waals surface area contributed by atoms with Gasteiger partial charge in [-0.25, -0.2) is 0 Å². The second kappa shape index (κ2) is 64.4. The lowest BCUT2D eigenvalue weighted by molar-refractivity contribution is -0.870. The van der Waals surface area contributed by atoms with Crippen molar-refractivity contribution in [3.63, 3.8) is 0 Å². The van der Waals surface area contributed by atoms with E-state index in [4.69, 9.17) is 18.9 Å². The summed E-state index contributed by atoms with van der Waals surface area (Å²) in [5, 5.41) is 11.8. The number of hydrogen-bond acceptors (Lipinski definition) is 8. The zero-order valence-corrected chi connectivity index (χ0v) is 54.5. The molecule has 0 saturated heterocycles. The second-order valence-electron chi connectivity index (χ2n) is 23.4. The number of rotatable bonds is 61. The van der Waals surface area contributed by atoms with Gasteiger partial charge in [0.25, 0.3) is 0 Å². The van der Waals surface area contributed by atoms with Crippen LogP contribution >= 0.6 is 0 Å². The van der Waals surface area contributed by atoms with E-state index in [0.717, 1.165) is 122 Å². The standard InChI is InChI=1S/C75H125NO8/c1-6-8-10-12-14-16-18-20-22-24-26-27-28-29-30-31-32-33-34-35-36-37-38-39-40-41-42-43-44-45-46-47-48-50-52-54-56-58-60-62-64-66-73(78)84-71(70-83-75(74(79)80)81-68-67-76(3,4)5)69-82-72(77)65-63-61-59-57-55-53-51-49-25-23-21-19-17-15-13-11-9-7-2/h8,10,14,16,20,22-23,25-27,29-30,32-33,35-36,38-39,41-42,44-45,71,75H,6-7,9,11-13,15,17-19,21,24,28,31,34,37,40,43,46-70H2,1-5H3/b10-8-,16-14-,22-20-,25-23-,27-26-,30-29-,33-32-,36-35-,39-38-,42-41-,45-44-. The number of esters is 2. The number of aliphatic carboxylic acids is 1. The van der Waals surface area contributed by atoms with Gasteiger partial charge in [-0.1, -0.05) is 270 Å². The Morgan fingerprint density at radius 2 is 0.679 bits per heavy atom. The molecule has 0 aliphatic heterocycles. The first-order valence-electron chi connectivity index (χ1n) is 33.8. The fourth-order valence-corrected chi connectivity index (χ4v) is 8.97. The Balaban J connectivity index is 4.14. The molecule has 0 aromatic heterocycles. The quantitative estimate of drug-likeness (QED) is 0.0195. The molecule has 0 heterocycles. The number of hydrogen-bond donors (Lipinski definition) is 0. The number of unbranched alkanes of at least 4 members (excludes halogenated alkanes) is 24. The predicted molar refractivity (Wildman–Crippen MR) is 356 cm³/mol. The van der Waals surface area contributed by atoms with Crippen molar-refractivity contribution in [3.05, 3.63) is 134 Å². The number of nitrogens with zero attached hydrogens (tertiary/aromatic N) is 1. The highest BCUT2D eigenvalue weighted by Gasteiger charge is 2.22. The van der Waals surface area contributed by atoms with Crippen molar-refractivity contribution < 1.29 is 42.9 Å². The van der Waals surface area contributed by atoms with Crippen LogP contribution in [0, 0.1) is 0 Å². The lowest BCUT2D eigenvalue weighted by atomic mass is 10.0. The minimum absolute atomic E-state index is 0.141. The third-order valence-corrected chi connectivity index (χ3v) is 14.1. The summed E-state index contributed by atoms with van der Waals surface area (Å²) in [5.41, 5.74) is 0. The minimum Gasteiger partial charge on any atom is -0.545 e. The number of carboxylic acid groups (broad SMARTS) is 1. The maximum atomic E-state index is 12.9.